The SMILES string of the molecule is CC(=O)OCC(=O)N1CCC(C)CC1. The molecule has 0 spiro atoms. The second-order valence-corrected chi connectivity index (χ2v) is 3.84. The Morgan fingerprint density at radius 2 is 1.93 bits per heavy atom. The second-order valence-electron chi connectivity index (χ2n) is 3.84. The molecule has 0 unspecified atom stereocenters. The van der Waals surface area contributed by atoms with Gasteiger partial charge in [-0.25, -0.2) is 0 Å². The van der Waals surface area contributed by atoms with Gasteiger partial charge in [-0.3, -0.25) is 9.59 Å². The van der Waals surface area contributed by atoms with Crippen LogP contribution in [0.5, 0.6) is 0 Å². The lowest BCUT2D eigenvalue weighted by Gasteiger charge is -2.30. The Kier molecular flexibility index (Phi) is 3.92. The molecular formula is C10H17NO3. The number of piperidine rings is 1. The number of hydrogen-bond acceptors (Lipinski definition) is 3. The van der Waals surface area contributed by atoms with E-state index in [1.807, 2.05) is 0 Å². The molecule has 0 atom stereocenters. The number of ether oxygens (including phenoxy) is 1. The van der Waals surface area contributed by atoms with Gasteiger partial charge in [-0.05, 0) is 18.8 Å². The smallest absolute Gasteiger partial charge is 0.303 e. The van der Waals surface area contributed by atoms with Crippen LogP contribution in [-0.4, -0.2) is 36.5 Å². The number of nitrogens with zero attached hydrogens (tertiary/aromatic N) is 1. The third-order valence-electron chi connectivity index (χ3n) is 2.54. The van der Waals surface area contributed by atoms with Gasteiger partial charge in [-0.15, -0.1) is 0 Å². The van der Waals surface area contributed by atoms with Crippen LogP contribution < -0.4 is 0 Å². The fourth-order valence-corrected chi connectivity index (χ4v) is 1.51. The highest BCUT2D eigenvalue weighted by Gasteiger charge is 2.20. The van der Waals surface area contributed by atoms with E-state index in [-0.39, 0.29) is 12.5 Å². The summed E-state index contributed by atoms with van der Waals surface area (Å²) >= 11 is 0. The minimum Gasteiger partial charge on any atom is -0.456 e. The summed E-state index contributed by atoms with van der Waals surface area (Å²) in [5.41, 5.74) is 0. The average molecular weight is 199 g/mol. The third-order valence-corrected chi connectivity index (χ3v) is 2.54. The Hall–Kier alpha value is -1.06. The topological polar surface area (TPSA) is 46.6 Å². The van der Waals surface area contributed by atoms with Gasteiger partial charge in [0.15, 0.2) is 6.61 Å². The van der Waals surface area contributed by atoms with Crippen molar-refractivity contribution in [3.05, 3.63) is 0 Å². The highest BCUT2D eigenvalue weighted by atomic mass is 16.5. The largest absolute Gasteiger partial charge is 0.456 e. The van der Waals surface area contributed by atoms with E-state index in [4.69, 9.17) is 0 Å². The van der Waals surface area contributed by atoms with Gasteiger partial charge >= 0.3 is 5.97 Å². The Labute approximate surface area is 84.2 Å². The van der Waals surface area contributed by atoms with Crippen LogP contribution in [0.2, 0.25) is 0 Å². The van der Waals surface area contributed by atoms with E-state index in [1.54, 1.807) is 4.90 Å². The normalized spacial score (nSPS) is 18.0. The minimum absolute atomic E-state index is 0.0768. The van der Waals surface area contributed by atoms with Crippen molar-refractivity contribution >= 4 is 11.9 Å². The van der Waals surface area contributed by atoms with Gasteiger partial charge in [-0.1, -0.05) is 6.92 Å². The quantitative estimate of drug-likeness (QED) is 0.618. The molecular weight excluding hydrogens is 182 g/mol. The zero-order valence-corrected chi connectivity index (χ0v) is 8.78. The van der Waals surface area contributed by atoms with Crippen molar-refractivity contribution in [2.24, 2.45) is 5.92 Å². The zero-order chi connectivity index (χ0) is 10.6. The van der Waals surface area contributed by atoms with Gasteiger partial charge in [0.1, 0.15) is 0 Å². The van der Waals surface area contributed by atoms with Crippen molar-refractivity contribution in [2.75, 3.05) is 19.7 Å². The lowest BCUT2D eigenvalue weighted by Crippen LogP contribution is -2.40. The van der Waals surface area contributed by atoms with E-state index in [0.717, 1.165) is 25.9 Å². The molecule has 1 aliphatic heterocycles. The van der Waals surface area contributed by atoms with E-state index in [1.165, 1.54) is 6.92 Å². The van der Waals surface area contributed by atoms with Crippen LogP contribution in [0, 0.1) is 5.92 Å². The van der Waals surface area contributed by atoms with Crippen LogP contribution in [0.15, 0.2) is 0 Å². The van der Waals surface area contributed by atoms with Gasteiger partial charge in [0.05, 0.1) is 0 Å². The second kappa shape index (κ2) is 4.98. The maximum absolute atomic E-state index is 11.5. The van der Waals surface area contributed by atoms with Crippen molar-refractivity contribution in [1.82, 2.24) is 4.90 Å². The maximum Gasteiger partial charge on any atom is 0.303 e. The molecule has 14 heavy (non-hydrogen) atoms. The summed E-state index contributed by atoms with van der Waals surface area (Å²) in [6, 6.07) is 0. The molecule has 0 radical (unpaired) electrons. The minimum atomic E-state index is -0.399. The van der Waals surface area contributed by atoms with Crippen LogP contribution in [-0.2, 0) is 14.3 Å². The first-order chi connectivity index (χ1) is 6.59. The molecule has 0 aromatic carbocycles. The molecule has 1 heterocycles. The first-order valence-corrected chi connectivity index (χ1v) is 5.00. The molecule has 0 aromatic heterocycles. The van der Waals surface area contributed by atoms with Crippen LogP contribution in [0.4, 0.5) is 0 Å². The number of amides is 1. The molecule has 80 valence electrons. The number of esters is 1. The lowest BCUT2D eigenvalue weighted by molar-refractivity contribution is -0.150. The van der Waals surface area contributed by atoms with Gasteiger partial charge in [-0.2, -0.15) is 0 Å². The molecule has 0 bridgehead atoms. The van der Waals surface area contributed by atoms with E-state index in [2.05, 4.69) is 11.7 Å². The van der Waals surface area contributed by atoms with Crippen LogP contribution >= 0.6 is 0 Å². The van der Waals surface area contributed by atoms with Crippen LogP contribution in [0.3, 0.4) is 0 Å². The molecule has 1 amide bonds. The summed E-state index contributed by atoms with van der Waals surface area (Å²) in [6.07, 6.45) is 2.09. The van der Waals surface area contributed by atoms with Crippen LogP contribution in [0.1, 0.15) is 26.7 Å². The van der Waals surface area contributed by atoms with Gasteiger partial charge in [0.25, 0.3) is 5.91 Å². The fourth-order valence-electron chi connectivity index (χ4n) is 1.51. The molecule has 0 aromatic rings. The van der Waals surface area contributed by atoms with Crippen molar-refractivity contribution in [3.63, 3.8) is 0 Å². The molecule has 0 N–H and O–H groups in total. The summed E-state index contributed by atoms with van der Waals surface area (Å²) in [4.78, 5) is 23.7. The number of carbonyl (C=O) groups is 2. The first kappa shape index (κ1) is 11.0. The Morgan fingerprint density at radius 1 is 1.36 bits per heavy atom. The molecule has 1 saturated heterocycles. The summed E-state index contributed by atoms with van der Waals surface area (Å²) in [5.74, 6) is 0.226. The maximum atomic E-state index is 11.5. The number of likely N-dealkylation sites (tertiary alicyclic amines) is 1. The van der Waals surface area contributed by atoms with Crippen molar-refractivity contribution in [1.29, 1.82) is 0 Å². The Balaban J connectivity index is 2.27. The Morgan fingerprint density at radius 3 is 2.43 bits per heavy atom. The Bertz CT molecular complexity index is 219. The molecule has 0 aliphatic carbocycles. The van der Waals surface area contributed by atoms with Crippen molar-refractivity contribution in [2.45, 2.75) is 26.7 Å². The molecule has 4 nitrogen and oxygen atoms in total. The third kappa shape index (κ3) is 3.36. The van der Waals surface area contributed by atoms with Gasteiger partial charge in [0, 0.05) is 20.0 Å². The fraction of sp³-hybridized carbons (Fsp3) is 0.800. The van der Waals surface area contributed by atoms with E-state index < -0.39 is 5.97 Å². The van der Waals surface area contributed by atoms with Crippen LogP contribution in [0.25, 0.3) is 0 Å². The molecule has 0 saturated carbocycles. The molecule has 4 heteroatoms. The zero-order valence-electron chi connectivity index (χ0n) is 8.78. The highest BCUT2D eigenvalue weighted by Crippen LogP contribution is 2.15. The van der Waals surface area contributed by atoms with E-state index >= 15 is 0 Å². The monoisotopic (exact) mass is 199 g/mol. The summed E-state index contributed by atoms with van der Waals surface area (Å²) in [5, 5.41) is 0. The van der Waals surface area contributed by atoms with Gasteiger partial charge < -0.3 is 9.64 Å². The number of rotatable bonds is 2. The standard InChI is InChI=1S/C10H17NO3/c1-8-3-5-11(6-4-8)10(13)7-14-9(2)12/h8H,3-7H2,1-2H3. The average Bonchev–Trinajstić information content (AvgIpc) is 2.15. The van der Waals surface area contributed by atoms with E-state index in [0.29, 0.717) is 5.92 Å². The summed E-state index contributed by atoms with van der Waals surface area (Å²) < 4.78 is 4.65. The summed E-state index contributed by atoms with van der Waals surface area (Å²) in [7, 11) is 0. The summed E-state index contributed by atoms with van der Waals surface area (Å²) in [6.45, 7) is 4.98. The molecule has 1 fully saturated rings. The van der Waals surface area contributed by atoms with E-state index in [9.17, 15) is 9.59 Å². The number of carbonyl (C=O) groups excluding carboxylic acids is 2. The predicted octanol–water partition coefficient (Wildman–Crippen LogP) is 0.808. The molecule has 1 aliphatic rings. The highest BCUT2D eigenvalue weighted by molar-refractivity contribution is 5.80. The lowest BCUT2D eigenvalue weighted by atomic mass is 9.99. The predicted molar refractivity (Wildman–Crippen MR) is 51.6 cm³/mol. The van der Waals surface area contributed by atoms with Crippen molar-refractivity contribution in [3.8, 4) is 0 Å². The van der Waals surface area contributed by atoms with Crippen molar-refractivity contribution < 1.29 is 14.3 Å². The van der Waals surface area contributed by atoms with Gasteiger partial charge in [0.2, 0.25) is 0 Å². The number of hydrogen-bond donors (Lipinski definition) is 0. The first-order valence-electron chi connectivity index (χ1n) is 5.00. The molecule has 1 rings (SSSR count).